The van der Waals surface area contributed by atoms with E-state index in [9.17, 15) is 8.78 Å². The maximum atomic E-state index is 14.9. The smallest absolute Gasteiger partial charge is 0.200 e. The van der Waals surface area contributed by atoms with Gasteiger partial charge in [-0.1, -0.05) is 84.1 Å². The van der Waals surface area contributed by atoms with Gasteiger partial charge in [-0.2, -0.15) is 4.39 Å². The largest absolute Gasteiger partial charge is 0.490 e. The lowest BCUT2D eigenvalue weighted by molar-refractivity contribution is 0.155. The standard InChI is InChI=1S/C30H48F2O/c1-3-5-7-8-10-22-33-28-21-20-27(29(31)30(28)32)26-18-16-25(17-19-26)24-14-12-23(13-15-24)11-9-6-4-2/h20-21,23-26H,3-19,22H2,1-2H3. The molecular weight excluding hydrogens is 414 g/mol. The molecule has 2 aliphatic carbocycles. The Kier molecular flexibility index (Phi) is 11.5. The highest BCUT2D eigenvalue weighted by molar-refractivity contribution is 5.33. The Morgan fingerprint density at radius 3 is 1.97 bits per heavy atom. The van der Waals surface area contributed by atoms with Gasteiger partial charge >= 0.3 is 0 Å². The molecule has 188 valence electrons. The Hall–Kier alpha value is -1.12. The minimum Gasteiger partial charge on any atom is -0.490 e. The second-order valence-corrected chi connectivity index (χ2v) is 10.9. The molecule has 2 saturated carbocycles. The van der Waals surface area contributed by atoms with Crippen LogP contribution in [0.2, 0.25) is 0 Å². The third-order valence-corrected chi connectivity index (χ3v) is 8.57. The van der Waals surface area contributed by atoms with Gasteiger partial charge in [0.2, 0.25) is 5.82 Å². The van der Waals surface area contributed by atoms with Crippen molar-refractivity contribution in [3.8, 4) is 5.75 Å². The second-order valence-electron chi connectivity index (χ2n) is 10.9. The van der Waals surface area contributed by atoms with Crippen LogP contribution in [0.3, 0.4) is 0 Å². The average Bonchev–Trinajstić information content (AvgIpc) is 2.85. The molecule has 0 spiro atoms. The van der Waals surface area contributed by atoms with Gasteiger partial charge in [0.1, 0.15) is 0 Å². The fourth-order valence-corrected chi connectivity index (χ4v) is 6.39. The summed E-state index contributed by atoms with van der Waals surface area (Å²) in [6.07, 6.45) is 21.0. The second kappa shape index (κ2) is 14.3. The maximum absolute atomic E-state index is 14.9. The molecule has 0 unspecified atom stereocenters. The van der Waals surface area contributed by atoms with Gasteiger partial charge in [0, 0.05) is 0 Å². The summed E-state index contributed by atoms with van der Waals surface area (Å²) in [7, 11) is 0. The van der Waals surface area contributed by atoms with E-state index in [0.717, 1.165) is 43.4 Å². The van der Waals surface area contributed by atoms with E-state index in [1.807, 2.05) is 0 Å². The summed E-state index contributed by atoms with van der Waals surface area (Å²) in [4.78, 5) is 0. The Labute approximate surface area is 202 Å². The van der Waals surface area contributed by atoms with Gasteiger partial charge in [0.25, 0.3) is 0 Å². The molecule has 33 heavy (non-hydrogen) atoms. The predicted octanol–water partition coefficient (Wildman–Crippen LogP) is 9.97. The summed E-state index contributed by atoms with van der Waals surface area (Å²) in [5, 5.41) is 0. The van der Waals surface area contributed by atoms with E-state index in [4.69, 9.17) is 4.74 Å². The molecular formula is C30H48F2O. The average molecular weight is 463 g/mol. The van der Waals surface area contributed by atoms with Crippen LogP contribution in [0.25, 0.3) is 0 Å². The number of hydrogen-bond donors (Lipinski definition) is 0. The first-order valence-corrected chi connectivity index (χ1v) is 14.2. The Morgan fingerprint density at radius 1 is 0.697 bits per heavy atom. The van der Waals surface area contributed by atoms with Crippen LogP contribution in [0.4, 0.5) is 8.78 Å². The van der Waals surface area contributed by atoms with Crippen molar-refractivity contribution in [2.45, 2.75) is 129 Å². The fraction of sp³-hybridized carbons (Fsp3) is 0.800. The van der Waals surface area contributed by atoms with Gasteiger partial charge in [-0.05, 0) is 80.2 Å². The van der Waals surface area contributed by atoms with E-state index < -0.39 is 11.6 Å². The summed E-state index contributed by atoms with van der Waals surface area (Å²) in [6, 6.07) is 3.45. The zero-order valence-electron chi connectivity index (χ0n) is 21.4. The molecule has 1 aromatic rings. The van der Waals surface area contributed by atoms with Crippen molar-refractivity contribution in [2.75, 3.05) is 6.61 Å². The number of benzene rings is 1. The van der Waals surface area contributed by atoms with Crippen LogP contribution in [0.15, 0.2) is 12.1 Å². The SMILES string of the molecule is CCCCCCCOc1ccc(C2CCC(C3CCC(CCCCC)CC3)CC2)c(F)c1F. The fourth-order valence-electron chi connectivity index (χ4n) is 6.39. The Morgan fingerprint density at radius 2 is 1.30 bits per heavy atom. The molecule has 1 nitrogen and oxygen atoms in total. The van der Waals surface area contributed by atoms with Gasteiger partial charge in [0.15, 0.2) is 11.6 Å². The third-order valence-electron chi connectivity index (χ3n) is 8.57. The van der Waals surface area contributed by atoms with Crippen LogP contribution in [0.1, 0.15) is 134 Å². The van der Waals surface area contributed by atoms with Crippen molar-refractivity contribution in [3.05, 3.63) is 29.3 Å². The third kappa shape index (κ3) is 7.96. The zero-order valence-corrected chi connectivity index (χ0v) is 21.4. The van der Waals surface area contributed by atoms with E-state index in [1.165, 1.54) is 83.5 Å². The van der Waals surface area contributed by atoms with Gasteiger partial charge in [-0.15, -0.1) is 0 Å². The maximum Gasteiger partial charge on any atom is 0.200 e. The molecule has 0 bridgehead atoms. The van der Waals surface area contributed by atoms with E-state index in [1.54, 1.807) is 12.1 Å². The highest BCUT2D eigenvalue weighted by Crippen LogP contribution is 2.45. The summed E-state index contributed by atoms with van der Waals surface area (Å²) in [6.45, 7) is 4.93. The number of rotatable bonds is 13. The normalized spacial score (nSPS) is 25.8. The van der Waals surface area contributed by atoms with Crippen molar-refractivity contribution in [3.63, 3.8) is 0 Å². The molecule has 0 aliphatic heterocycles. The quantitative estimate of drug-likeness (QED) is 0.265. The number of unbranched alkanes of at least 4 members (excludes halogenated alkanes) is 6. The van der Waals surface area contributed by atoms with Crippen LogP contribution in [-0.2, 0) is 0 Å². The first kappa shape index (κ1) is 26.5. The molecule has 0 heterocycles. The van der Waals surface area contributed by atoms with Crippen LogP contribution in [0, 0.1) is 29.4 Å². The van der Waals surface area contributed by atoms with E-state index in [0.29, 0.717) is 12.2 Å². The number of ether oxygens (including phenoxy) is 1. The van der Waals surface area contributed by atoms with Crippen molar-refractivity contribution in [1.29, 1.82) is 0 Å². The predicted molar refractivity (Wildman–Crippen MR) is 135 cm³/mol. The van der Waals surface area contributed by atoms with Crippen molar-refractivity contribution < 1.29 is 13.5 Å². The Balaban J connectivity index is 1.42. The minimum absolute atomic E-state index is 0.0797. The summed E-state index contributed by atoms with van der Waals surface area (Å²) < 4.78 is 35.1. The van der Waals surface area contributed by atoms with Crippen LogP contribution < -0.4 is 4.74 Å². The van der Waals surface area contributed by atoms with E-state index in [2.05, 4.69) is 13.8 Å². The zero-order chi connectivity index (χ0) is 23.5. The first-order valence-electron chi connectivity index (χ1n) is 14.2. The minimum atomic E-state index is -0.787. The van der Waals surface area contributed by atoms with Crippen molar-refractivity contribution in [1.82, 2.24) is 0 Å². The van der Waals surface area contributed by atoms with Crippen LogP contribution >= 0.6 is 0 Å². The molecule has 2 fully saturated rings. The highest BCUT2D eigenvalue weighted by atomic mass is 19.2. The lowest BCUT2D eigenvalue weighted by Crippen LogP contribution is -2.25. The summed E-state index contributed by atoms with van der Waals surface area (Å²) in [5.41, 5.74) is 0.570. The topological polar surface area (TPSA) is 9.23 Å². The summed E-state index contributed by atoms with van der Waals surface area (Å²) >= 11 is 0. The molecule has 3 rings (SSSR count). The van der Waals surface area contributed by atoms with Gasteiger partial charge < -0.3 is 4.74 Å². The Bertz CT molecular complexity index is 672. The van der Waals surface area contributed by atoms with E-state index in [-0.39, 0.29) is 11.7 Å². The number of halogens is 2. The first-order chi connectivity index (χ1) is 16.1. The molecule has 0 N–H and O–H groups in total. The van der Waals surface area contributed by atoms with Crippen molar-refractivity contribution in [2.24, 2.45) is 17.8 Å². The molecule has 0 radical (unpaired) electrons. The molecule has 0 aromatic heterocycles. The lowest BCUT2D eigenvalue weighted by atomic mass is 9.68. The highest BCUT2D eigenvalue weighted by Gasteiger charge is 2.32. The van der Waals surface area contributed by atoms with Crippen LogP contribution in [0.5, 0.6) is 5.75 Å². The molecule has 3 heteroatoms. The van der Waals surface area contributed by atoms with E-state index >= 15 is 0 Å². The summed E-state index contributed by atoms with van der Waals surface area (Å²) in [5.74, 6) is 1.39. The van der Waals surface area contributed by atoms with Gasteiger partial charge in [-0.25, -0.2) is 4.39 Å². The van der Waals surface area contributed by atoms with Crippen LogP contribution in [-0.4, -0.2) is 6.61 Å². The molecule has 0 amide bonds. The van der Waals surface area contributed by atoms with Gasteiger partial charge in [0.05, 0.1) is 6.61 Å². The molecule has 1 aromatic carbocycles. The monoisotopic (exact) mass is 462 g/mol. The molecule has 0 atom stereocenters. The van der Waals surface area contributed by atoms with Gasteiger partial charge in [-0.3, -0.25) is 0 Å². The molecule has 0 saturated heterocycles. The number of hydrogen-bond acceptors (Lipinski definition) is 1. The molecule has 2 aliphatic rings. The lowest BCUT2D eigenvalue weighted by Gasteiger charge is -2.38. The van der Waals surface area contributed by atoms with Crippen molar-refractivity contribution >= 4 is 0 Å².